The average Bonchev–Trinajstić information content (AvgIpc) is 2.70. The molecule has 0 bridgehead atoms. The minimum Gasteiger partial charge on any atom is -0.497 e. The number of carboxylic acid groups (broad SMARTS) is 1. The summed E-state index contributed by atoms with van der Waals surface area (Å²) in [4.78, 5) is 14.4. The van der Waals surface area contributed by atoms with Crippen LogP contribution in [0.4, 0.5) is 0 Å². The lowest BCUT2D eigenvalue weighted by Crippen LogP contribution is -1.97. The third-order valence-corrected chi connectivity index (χ3v) is 2.82. The number of benzene rings is 1. The highest BCUT2D eigenvalue weighted by Crippen LogP contribution is 2.28. The Kier molecular flexibility index (Phi) is 2.79. The number of hydrogen-bond acceptors (Lipinski definition) is 2. The minimum absolute atomic E-state index is 0.266. The molecule has 0 fully saturated rings. The number of ether oxygens (including phenoxy) is 1. The Labute approximate surface area is 99.2 Å². The monoisotopic (exact) mass is 233 g/mol. The molecule has 0 amide bonds. The van der Waals surface area contributed by atoms with Crippen molar-refractivity contribution < 1.29 is 14.6 Å². The zero-order valence-electron chi connectivity index (χ0n) is 10.1. The van der Waals surface area contributed by atoms with Crippen LogP contribution in [0.2, 0.25) is 0 Å². The number of aromatic carboxylic acids is 1. The molecule has 0 spiro atoms. The van der Waals surface area contributed by atoms with E-state index in [0.717, 1.165) is 16.6 Å². The van der Waals surface area contributed by atoms with Crippen molar-refractivity contribution in [3.63, 3.8) is 0 Å². The molecule has 0 radical (unpaired) electrons. The summed E-state index contributed by atoms with van der Waals surface area (Å²) in [6.07, 6.45) is 0. The fraction of sp³-hybridized carbons (Fsp3) is 0.308. The summed E-state index contributed by atoms with van der Waals surface area (Å²) in [6.45, 7) is 4.12. The van der Waals surface area contributed by atoms with Gasteiger partial charge in [-0.2, -0.15) is 0 Å². The van der Waals surface area contributed by atoms with E-state index in [4.69, 9.17) is 4.74 Å². The molecule has 2 aromatic rings. The van der Waals surface area contributed by atoms with E-state index >= 15 is 0 Å². The van der Waals surface area contributed by atoms with E-state index in [0.29, 0.717) is 11.7 Å². The maximum Gasteiger partial charge on any atom is 0.336 e. The molecule has 0 aliphatic heterocycles. The summed E-state index contributed by atoms with van der Waals surface area (Å²) in [5.41, 5.74) is 2.09. The summed E-state index contributed by atoms with van der Waals surface area (Å²) in [5, 5.41) is 9.91. The molecule has 0 aliphatic carbocycles. The standard InChI is InChI=1S/C13H15NO3/c1-7(2)11-6-9-10(13(15)16)4-8(17-3)5-12(9)14-11/h4-7,14H,1-3H3,(H,15,16). The first-order chi connectivity index (χ1) is 8.02. The maximum atomic E-state index is 11.2. The maximum absolute atomic E-state index is 11.2. The largest absolute Gasteiger partial charge is 0.497 e. The third kappa shape index (κ3) is 1.98. The van der Waals surface area contributed by atoms with Gasteiger partial charge in [-0.15, -0.1) is 0 Å². The van der Waals surface area contributed by atoms with Crippen molar-refractivity contribution in [1.82, 2.24) is 4.98 Å². The predicted octanol–water partition coefficient (Wildman–Crippen LogP) is 3.00. The Bertz CT molecular complexity index is 569. The SMILES string of the molecule is COc1cc(C(=O)O)c2cc(C(C)C)[nH]c2c1. The van der Waals surface area contributed by atoms with Gasteiger partial charge in [0.05, 0.1) is 18.2 Å². The second-order valence-electron chi connectivity index (χ2n) is 4.32. The first-order valence-corrected chi connectivity index (χ1v) is 5.47. The molecule has 0 saturated heterocycles. The van der Waals surface area contributed by atoms with Crippen LogP contribution in [-0.2, 0) is 0 Å². The zero-order chi connectivity index (χ0) is 12.6. The van der Waals surface area contributed by atoms with Gasteiger partial charge in [-0.25, -0.2) is 4.79 Å². The molecular formula is C13H15NO3. The highest BCUT2D eigenvalue weighted by Gasteiger charge is 2.14. The average molecular weight is 233 g/mol. The van der Waals surface area contributed by atoms with Gasteiger partial charge in [-0.1, -0.05) is 13.8 Å². The molecule has 2 N–H and O–H groups in total. The number of carboxylic acids is 1. The molecule has 0 saturated carbocycles. The molecule has 0 unspecified atom stereocenters. The van der Waals surface area contributed by atoms with Crippen molar-refractivity contribution in [2.24, 2.45) is 0 Å². The Morgan fingerprint density at radius 3 is 2.59 bits per heavy atom. The molecule has 4 nitrogen and oxygen atoms in total. The van der Waals surface area contributed by atoms with E-state index in [2.05, 4.69) is 18.8 Å². The van der Waals surface area contributed by atoms with Crippen LogP contribution in [0.5, 0.6) is 5.75 Å². The number of rotatable bonds is 3. The number of aromatic nitrogens is 1. The topological polar surface area (TPSA) is 62.3 Å². The van der Waals surface area contributed by atoms with E-state index in [-0.39, 0.29) is 5.56 Å². The number of nitrogens with one attached hydrogen (secondary N) is 1. The Morgan fingerprint density at radius 1 is 1.35 bits per heavy atom. The first-order valence-electron chi connectivity index (χ1n) is 5.47. The van der Waals surface area contributed by atoms with Gasteiger partial charge in [0.25, 0.3) is 0 Å². The summed E-state index contributed by atoms with van der Waals surface area (Å²) in [5.74, 6) is -0.0645. The second-order valence-corrected chi connectivity index (χ2v) is 4.32. The molecule has 1 aromatic carbocycles. The second kappa shape index (κ2) is 4.13. The van der Waals surface area contributed by atoms with E-state index < -0.39 is 5.97 Å². The Balaban J connectivity index is 2.72. The van der Waals surface area contributed by atoms with Crippen molar-refractivity contribution >= 4 is 16.9 Å². The first kappa shape index (κ1) is 11.5. The summed E-state index contributed by atoms with van der Waals surface area (Å²) in [6, 6.07) is 5.25. The summed E-state index contributed by atoms with van der Waals surface area (Å²) in [7, 11) is 1.53. The fourth-order valence-electron chi connectivity index (χ4n) is 1.84. The van der Waals surface area contributed by atoms with Crippen molar-refractivity contribution in [2.45, 2.75) is 19.8 Å². The highest BCUT2D eigenvalue weighted by atomic mass is 16.5. The van der Waals surface area contributed by atoms with Crippen molar-refractivity contribution in [1.29, 1.82) is 0 Å². The van der Waals surface area contributed by atoms with Gasteiger partial charge in [-0.05, 0) is 18.1 Å². The van der Waals surface area contributed by atoms with Crippen LogP contribution in [0, 0.1) is 0 Å². The molecule has 90 valence electrons. The molecule has 0 atom stereocenters. The number of H-pyrrole nitrogens is 1. The molecule has 0 aliphatic rings. The van der Waals surface area contributed by atoms with E-state index in [9.17, 15) is 9.90 Å². The van der Waals surface area contributed by atoms with Gasteiger partial charge < -0.3 is 14.8 Å². The Hall–Kier alpha value is -1.97. The molecule has 1 heterocycles. The molecule has 1 aromatic heterocycles. The summed E-state index contributed by atoms with van der Waals surface area (Å²) < 4.78 is 5.10. The van der Waals surface area contributed by atoms with Crippen molar-refractivity contribution in [2.75, 3.05) is 7.11 Å². The number of fused-ring (bicyclic) bond motifs is 1. The van der Waals surface area contributed by atoms with Crippen LogP contribution in [0.1, 0.15) is 35.8 Å². The normalized spacial score (nSPS) is 11.1. The lowest BCUT2D eigenvalue weighted by Gasteiger charge is -2.02. The predicted molar refractivity (Wildman–Crippen MR) is 65.9 cm³/mol. The fourth-order valence-corrected chi connectivity index (χ4v) is 1.84. The number of carbonyl (C=O) groups is 1. The van der Waals surface area contributed by atoms with E-state index in [1.54, 1.807) is 6.07 Å². The van der Waals surface area contributed by atoms with Gasteiger partial charge >= 0.3 is 5.97 Å². The minimum atomic E-state index is -0.941. The Morgan fingerprint density at radius 2 is 2.06 bits per heavy atom. The molecule has 17 heavy (non-hydrogen) atoms. The van der Waals surface area contributed by atoms with Crippen LogP contribution in [0.15, 0.2) is 18.2 Å². The lowest BCUT2D eigenvalue weighted by atomic mass is 10.1. The number of methoxy groups -OCH3 is 1. The quantitative estimate of drug-likeness (QED) is 0.856. The van der Waals surface area contributed by atoms with Gasteiger partial charge in [-0.3, -0.25) is 0 Å². The zero-order valence-corrected chi connectivity index (χ0v) is 10.1. The third-order valence-electron chi connectivity index (χ3n) is 2.82. The van der Waals surface area contributed by atoms with Crippen LogP contribution < -0.4 is 4.74 Å². The lowest BCUT2D eigenvalue weighted by molar-refractivity contribution is 0.0698. The molecular weight excluding hydrogens is 218 g/mol. The molecule has 2 rings (SSSR count). The van der Waals surface area contributed by atoms with Gasteiger partial charge in [0, 0.05) is 17.1 Å². The number of hydrogen-bond donors (Lipinski definition) is 2. The molecule has 4 heteroatoms. The van der Waals surface area contributed by atoms with Gasteiger partial charge in [0.2, 0.25) is 0 Å². The van der Waals surface area contributed by atoms with Crippen LogP contribution >= 0.6 is 0 Å². The van der Waals surface area contributed by atoms with Crippen LogP contribution in [0.3, 0.4) is 0 Å². The van der Waals surface area contributed by atoms with Crippen molar-refractivity contribution in [3.8, 4) is 5.75 Å². The van der Waals surface area contributed by atoms with Gasteiger partial charge in [0.15, 0.2) is 0 Å². The van der Waals surface area contributed by atoms with Crippen molar-refractivity contribution in [3.05, 3.63) is 29.5 Å². The smallest absolute Gasteiger partial charge is 0.336 e. The highest BCUT2D eigenvalue weighted by molar-refractivity contribution is 6.03. The van der Waals surface area contributed by atoms with Crippen LogP contribution in [0.25, 0.3) is 10.9 Å². The number of aromatic amines is 1. The van der Waals surface area contributed by atoms with E-state index in [1.807, 2.05) is 12.1 Å². The van der Waals surface area contributed by atoms with Gasteiger partial charge in [0.1, 0.15) is 5.75 Å². The summed E-state index contributed by atoms with van der Waals surface area (Å²) >= 11 is 0. The van der Waals surface area contributed by atoms with E-state index in [1.165, 1.54) is 7.11 Å². The van der Waals surface area contributed by atoms with Crippen LogP contribution in [-0.4, -0.2) is 23.2 Å².